The number of aromatic nitrogens is 1. The van der Waals surface area contributed by atoms with Gasteiger partial charge in [-0.05, 0) is 44.5 Å². The van der Waals surface area contributed by atoms with E-state index in [0.29, 0.717) is 33.2 Å². The van der Waals surface area contributed by atoms with Crippen LogP contribution < -0.4 is 9.47 Å². The Bertz CT molecular complexity index is 1050. The summed E-state index contributed by atoms with van der Waals surface area (Å²) in [7, 11) is 1.32. The van der Waals surface area contributed by atoms with Crippen LogP contribution in [-0.2, 0) is 11.3 Å². The highest BCUT2D eigenvalue weighted by molar-refractivity contribution is 7.14. The molecule has 3 rings (SSSR count). The molecule has 0 aliphatic carbocycles. The first-order valence-electron chi connectivity index (χ1n) is 9.20. The monoisotopic (exact) mass is 433 g/mol. The van der Waals surface area contributed by atoms with Gasteiger partial charge >= 0.3 is 5.97 Å². The summed E-state index contributed by atoms with van der Waals surface area (Å²) in [6.07, 6.45) is 1.50. The van der Waals surface area contributed by atoms with Crippen molar-refractivity contribution >= 4 is 17.3 Å². The number of benzene rings is 1. The van der Waals surface area contributed by atoms with E-state index in [9.17, 15) is 13.6 Å². The van der Waals surface area contributed by atoms with Crippen LogP contribution in [0.1, 0.15) is 34.0 Å². The van der Waals surface area contributed by atoms with Gasteiger partial charge in [0.15, 0.2) is 0 Å². The topological polar surface area (TPSA) is 57.7 Å². The number of nitrogens with zero attached hydrogens (tertiary/aromatic N) is 1. The van der Waals surface area contributed by atoms with Crippen LogP contribution in [0.4, 0.5) is 8.78 Å². The molecule has 0 fully saturated rings. The summed E-state index contributed by atoms with van der Waals surface area (Å²) in [4.78, 5) is 17.6. The molecule has 0 saturated carbocycles. The number of thiophene rings is 1. The molecule has 0 radical (unpaired) electrons. The van der Waals surface area contributed by atoms with Crippen LogP contribution in [-0.4, -0.2) is 24.2 Å². The molecule has 0 spiro atoms. The highest BCUT2D eigenvalue weighted by Crippen LogP contribution is 2.37. The molecule has 0 amide bonds. The molecule has 0 saturated heterocycles. The van der Waals surface area contributed by atoms with E-state index < -0.39 is 17.6 Å². The van der Waals surface area contributed by atoms with Crippen LogP contribution >= 0.6 is 11.3 Å². The number of esters is 1. The van der Waals surface area contributed by atoms with E-state index in [1.54, 1.807) is 18.3 Å². The van der Waals surface area contributed by atoms with Gasteiger partial charge in [0.1, 0.15) is 40.3 Å². The van der Waals surface area contributed by atoms with Crippen molar-refractivity contribution in [2.24, 2.45) is 0 Å². The van der Waals surface area contributed by atoms with Crippen LogP contribution in [0, 0.1) is 18.6 Å². The highest BCUT2D eigenvalue weighted by Gasteiger charge is 2.19. The molecule has 0 N–H and O–H groups in total. The molecule has 0 bridgehead atoms. The van der Waals surface area contributed by atoms with E-state index in [-0.39, 0.29) is 12.7 Å². The Hall–Kier alpha value is -3.00. The average molecular weight is 433 g/mol. The quantitative estimate of drug-likeness (QED) is 0.457. The van der Waals surface area contributed by atoms with Gasteiger partial charge < -0.3 is 14.2 Å². The Balaban J connectivity index is 1.98. The van der Waals surface area contributed by atoms with Gasteiger partial charge in [0.05, 0.1) is 19.4 Å². The molecule has 8 heteroatoms. The Labute approximate surface area is 177 Å². The minimum absolute atomic E-state index is 0.0679. The van der Waals surface area contributed by atoms with Crippen molar-refractivity contribution in [2.45, 2.75) is 33.5 Å². The molecule has 0 aliphatic heterocycles. The van der Waals surface area contributed by atoms with E-state index in [0.717, 1.165) is 10.9 Å². The van der Waals surface area contributed by atoms with Gasteiger partial charge in [-0.2, -0.15) is 0 Å². The fraction of sp³-hybridized carbons (Fsp3) is 0.273. The standard InChI is InChI=1S/C22H21F2NO4S/c1-12(2)29-17-8-19(28-11-14-5-15(23)7-16(24)6-14)21(25-10-17)18-9-20(22(26)27-4)30-13(18)3/h5-10,12H,11H2,1-4H3. The van der Waals surface area contributed by atoms with Crippen LogP contribution in [0.3, 0.4) is 0 Å². The van der Waals surface area contributed by atoms with Crippen molar-refractivity contribution in [3.8, 4) is 22.8 Å². The van der Waals surface area contributed by atoms with Gasteiger partial charge in [0.25, 0.3) is 0 Å². The minimum atomic E-state index is -0.680. The maximum atomic E-state index is 13.5. The van der Waals surface area contributed by atoms with E-state index in [1.807, 2.05) is 20.8 Å². The number of carbonyl (C=O) groups excluding carboxylic acids is 1. The maximum Gasteiger partial charge on any atom is 0.348 e. The highest BCUT2D eigenvalue weighted by atomic mass is 32.1. The Morgan fingerprint density at radius 2 is 1.83 bits per heavy atom. The lowest BCUT2D eigenvalue weighted by molar-refractivity contribution is 0.0606. The number of rotatable bonds is 7. The predicted molar refractivity (Wildman–Crippen MR) is 110 cm³/mol. The van der Waals surface area contributed by atoms with Crippen molar-refractivity contribution in [1.29, 1.82) is 0 Å². The molecular formula is C22H21F2NO4S. The maximum absolute atomic E-state index is 13.5. The third kappa shape index (κ3) is 5.13. The summed E-state index contributed by atoms with van der Waals surface area (Å²) in [5.41, 5.74) is 1.54. The SMILES string of the molecule is COC(=O)c1cc(-c2ncc(OC(C)C)cc2OCc2cc(F)cc(F)c2)c(C)s1. The van der Waals surface area contributed by atoms with Crippen LogP contribution in [0.2, 0.25) is 0 Å². The zero-order valence-electron chi connectivity index (χ0n) is 17.0. The molecule has 30 heavy (non-hydrogen) atoms. The number of halogens is 2. The van der Waals surface area contributed by atoms with Crippen molar-refractivity contribution in [1.82, 2.24) is 4.98 Å². The van der Waals surface area contributed by atoms with Gasteiger partial charge in [-0.15, -0.1) is 11.3 Å². The minimum Gasteiger partial charge on any atom is -0.489 e. The van der Waals surface area contributed by atoms with Gasteiger partial charge in [-0.3, -0.25) is 0 Å². The summed E-state index contributed by atoms with van der Waals surface area (Å²) in [5, 5.41) is 0. The molecule has 0 aliphatic rings. The number of methoxy groups -OCH3 is 1. The van der Waals surface area contributed by atoms with Crippen LogP contribution in [0.25, 0.3) is 11.3 Å². The van der Waals surface area contributed by atoms with Crippen LogP contribution in [0.15, 0.2) is 36.5 Å². The van der Waals surface area contributed by atoms with Crippen molar-refractivity contribution in [2.75, 3.05) is 7.11 Å². The molecular weight excluding hydrogens is 412 g/mol. The molecule has 0 atom stereocenters. The molecule has 0 unspecified atom stereocenters. The summed E-state index contributed by atoms with van der Waals surface area (Å²) in [5.74, 6) is -0.933. The second-order valence-electron chi connectivity index (χ2n) is 6.82. The van der Waals surface area contributed by atoms with Crippen molar-refractivity contribution in [3.05, 3.63) is 63.5 Å². The second-order valence-corrected chi connectivity index (χ2v) is 8.08. The number of ether oxygens (including phenoxy) is 3. The normalized spacial score (nSPS) is 10.9. The van der Waals surface area contributed by atoms with Gasteiger partial charge in [-0.25, -0.2) is 18.6 Å². The summed E-state index contributed by atoms with van der Waals surface area (Å²) in [6.45, 7) is 5.56. The second kappa shape index (κ2) is 9.21. The first kappa shape index (κ1) is 21.7. The lowest BCUT2D eigenvalue weighted by Gasteiger charge is -2.15. The largest absolute Gasteiger partial charge is 0.489 e. The molecule has 5 nitrogen and oxygen atoms in total. The summed E-state index contributed by atoms with van der Waals surface area (Å²) < 4.78 is 43.4. The number of carbonyl (C=O) groups is 1. The molecule has 3 aromatic rings. The molecule has 1 aromatic carbocycles. The van der Waals surface area contributed by atoms with E-state index in [1.165, 1.54) is 30.6 Å². The zero-order chi connectivity index (χ0) is 21.8. The average Bonchev–Trinajstić information content (AvgIpc) is 3.06. The van der Waals surface area contributed by atoms with E-state index >= 15 is 0 Å². The molecule has 2 heterocycles. The van der Waals surface area contributed by atoms with Gasteiger partial charge in [-0.1, -0.05) is 0 Å². The summed E-state index contributed by atoms with van der Waals surface area (Å²) >= 11 is 1.28. The predicted octanol–water partition coefficient (Wildman–Crippen LogP) is 5.55. The van der Waals surface area contributed by atoms with Crippen molar-refractivity contribution in [3.63, 3.8) is 0 Å². The van der Waals surface area contributed by atoms with Gasteiger partial charge in [0.2, 0.25) is 0 Å². The zero-order valence-corrected chi connectivity index (χ0v) is 17.8. The third-order valence-corrected chi connectivity index (χ3v) is 5.11. The Kier molecular flexibility index (Phi) is 6.66. The lowest BCUT2D eigenvalue weighted by atomic mass is 10.1. The number of pyridine rings is 1. The van der Waals surface area contributed by atoms with Crippen molar-refractivity contribution < 1.29 is 27.8 Å². The first-order chi connectivity index (χ1) is 14.3. The first-order valence-corrected chi connectivity index (χ1v) is 10.0. The number of hydrogen-bond donors (Lipinski definition) is 0. The fourth-order valence-electron chi connectivity index (χ4n) is 2.85. The molecule has 158 valence electrons. The Morgan fingerprint density at radius 1 is 1.13 bits per heavy atom. The number of aryl methyl sites for hydroxylation is 1. The fourth-order valence-corrected chi connectivity index (χ4v) is 3.79. The van der Waals surface area contributed by atoms with E-state index in [4.69, 9.17) is 14.2 Å². The van der Waals surface area contributed by atoms with Gasteiger partial charge in [0, 0.05) is 22.6 Å². The summed E-state index contributed by atoms with van der Waals surface area (Å²) in [6, 6.07) is 6.57. The lowest BCUT2D eigenvalue weighted by Crippen LogP contribution is -2.07. The third-order valence-electron chi connectivity index (χ3n) is 4.08. The number of hydrogen-bond acceptors (Lipinski definition) is 6. The molecule has 2 aromatic heterocycles. The Morgan fingerprint density at radius 3 is 2.47 bits per heavy atom. The van der Waals surface area contributed by atoms with E-state index in [2.05, 4.69) is 4.98 Å². The van der Waals surface area contributed by atoms with Crippen LogP contribution in [0.5, 0.6) is 11.5 Å². The smallest absolute Gasteiger partial charge is 0.348 e.